The second-order valence-corrected chi connectivity index (χ2v) is 3.58. The average molecular weight is 187 g/mol. The minimum absolute atomic E-state index is 0.0667. The van der Waals surface area contributed by atoms with Crippen LogP contribution in [0.3, 0.4) is 0 Å². The van der Waals surface area contributed by atoms with Crippen LogP contribution in [0.4, 0.5) is 0 Å². The van der Waals surface area contributed by atoms with Gasteiger partial charge in [0.15, 0.2) is 0 Å². The highest BCUT2D eigenvalue weighted by molar-refractivity contribution is 5.83. The molecule has 1 heterocycles. The molecule has 0 spiro atoms. The molecule has 2 unspecified atom stereocenters. The fourth-order valence-corrected chi connectivity index (χ4v) is 1.31. The highest BCUT2D eigenvalue weighted by atomic mass is 16.5. The van der Waals surface area contributed by atoms with Crippen molar-refractivity contribution < 1.29 is 9.53 Å². The van der Waals surface area contributed by atoms with Gasteiger partial charge in [0.05, 0.1) is 18.6 Å². The second-order valence-electron chi connectivity index (χ2n) is 3.58. The molecule has 1 fully saturated rings. The van der Waals surface area contributed by atoms with E-state index in [1.165, 1.54) is 0 Å². The highest BCUT2D eigenvalue weighted by Crippen LogP contribution is 2.26. The summed E-state index contributed by atoms with van der Waals surface area (Å²) in [6.45, 7) is 3.59. The van der Waals surface area contributed by atoms with Crippen molar-refractivity contribution >= 4 is 5.91 Å². The maximum Gasteiger partial charge on any atom is 0.229 e. The fraction of sp³-hybridized carbons (Fsp3) is 0.875. The molecule has 1 saturated heterocycles. The molecule has 13 heavy (non-hydrogen) atoms. The largest absolute Gasteiger partial charge is 0.379 e. The molecule has 0 aromatic heterocycles. The molecule has 1 rings (SSSR count). The van der Waals surface area contributed by atoms with Crippen LogP contribution in [-0.2, 0) is 9.53 Å². The number of ether oxygens (including phenoxy) is 1. The fourth-order valence-electron chi connectivity index (χ4n) is 1.31. The van der Waals surface area contributed by atoms with Crippen molar-refractivity contribution in [1.29, 1.82) is 0 Å². The lowest BCUT2D eigenvalue weighted by atomic mass is 9.85. The second kappa shape index (κ2) is 4.04. The van der Waals surface area contributed by atoms with Gasteiger partial charge >= 0.3 is 0 Å². The Hall–Kier alpha value is -0.650. The van der Waals surface area contributed by atoms with Crippen LogP contribution in [0.5, 0.6) is 0 Å². The Morgan fingerprint density at radius 2 is 2.46 bits per heavy atom. The minimum atomic E-state index is -0.588. The molecule has 0 aromatic carbocycles. The van der Waals surface area contributed by atoms with Gasteiger partial charge in [-0.1, -0.05) is 0 Å². The molecular formula is C8H17N3O2. The van der Waals surface area contributed by atoms with Crippen molar-refractivity contribution in [2.45, 2.75) is 13.0 Å². The van der Waals surface area contributed by atoms with E-state index >= 15 is 0 Å². The highest BCUT2D eigenvalue weighted by Gasteiger charge is 2.43. The summed E-state index contributed by atoms with van der Waals surface area (Å²) >= 11 is 0. The predicted molar refractivity (Wildman–Crippen MR) is 49.0 cm³/mol. The lowest BCUT2D eigenvalue weighted by molar-refractivity contribution is -0.130. The molecule has 0 saturated carbocycles. The standard InChI is InChI=1S/C8H17N3O2/c1-8(5-13-4-6(8)10)7(12)11-3-2-9/h6H,2-5,9-10H2,1H3,(H,11,12). The number of hydrogen-bond donors (Lipinski definition) is 3. The summed E-state index contributed by atoms with van der Waals surface area (Å²) in [6, 6.07) is -0.217. The number of nitrogens with one attached hydrogen (secondary N) is 1. The molecule has 0 aliphatic carbocycles. The van der Waals surface area contributed by atoms with E-state index in [-0.39, 0.29) is 11.9 Å². The number of amides is 1. The molecule has 0 bridgehead atoms. The quantitative estimate of drug-likeness (QED) is 0.497. The Morgan fingerprint density at radius 3 is 2.92 bits per heavy atom. The van der Waals surface area contributed by atoms with Crippen molar-refractivity contribution in [2.24, 2.45) is 16.9 Å². The van der Waals surface area contributed by atoms with Gasteiger partial charge in [0.1, 0.15) is 0 Å². The van der Waals surface area contributed by atoms with Gasteiger partial charge in [-0.15, -0.1) is 0 Å². The van der Waals surface area contributed by atoms with Gasteiger partial charge in [-0.2, -0.15) is 0 Å². The number of carbonyl (C=O) groups is 1. The lowest BCUT2D eigenvalue weighted by Crippen LogP contribution is -2.50. The molecule has 0 radical (unpaired) electrons. The Bertz CT molecular complexity index is 198. The van der Waals surface area contributed by atoms with Crippen molar-refractivity contribution in [3.05, 3.63) is 0 Å². The minimum Gasteiger partial charge on any atom is -0.379 e. The third kappa shape index (κ3) is 1.99. The van der Waals surface area contributed by atoms with Crippen LogP contribution in [0, 0.1) is 5.41 Å². The average Bonchev–Trinajstić information content (AvgIpc) is 2.44. The third-order valence-electron chi connectivity index (χ3n) is 2.47. The summed E-state index contributed by atoms with van der Waals surface area (Å²) in [5.41, 5.74) is 10.5. The van der Waals surface area contributed by atoms with Crippen LogP contribution in [0.15, 0.2) is 0 Å². The van der Waals surface area contributed by atoms with E-state index in [0.717, 1.165) is 0 Å². The summed E-state index contributed by atoms with van der Waals surface area (Å²) in [5, 5.41) is 2.72. The number of rotatable bonds is 3. The Balaban J connectivity index is 2.53. The summed E-state index contributed by atoms with van der Waals surface area (Å²) < 4.78 is 5.16. The van der Waals surface area contributed by atoms with Crippen LogP contribution in [-0.4, -0.2) is 38.3 Å². The monoisotopic (exact) mass is 187 g/mol. The van der Waals surface area contributed by atoms with E-state index in [4.69, 9.17) is 16.2 Å². The van der Waals surface area contributed by atoms with E-state index in [1.54, 1.807) is 0 Å². The Labute approximate surface area is 77.8 Å². The first-order valence-electron chi connectivity index (χ1n) is 4.43. The number of hydrogen-bond acceptors (Lipinski definition) is 4. The number of carbonyl (C=O) groups excluding carboxylic acids is 1. The van der Waals surface area contributed by atoms with E-state index in [1.807, 2.05) is 6.92 Å². The van der Waals surface area contributed by atoms with E-state index in [0.29, 0.717) is 26.3 Å². The zero-order valence-corrected chi connectivity index (χ0v) is 7.88. The maximum absolute atomic E-state index is 11.6. The van der Waals surface area contributed by atoms with Gasteiger partial charge in [0.2, 0.25) is 5.91 Å². The van der Waals surface area contributed by atoms with Crippen molar-refractivity contribution in [3.8, 4) is 0 Å². The summed E-state index contributed by atoms with van der Waals surface area (Å²) in [7, 11) is 0. The smallest absolute Gasteiger partial charge is 0.229 e. The Kier molecular flexibility index (Phi) is 3.24. The third-order valence-corrected chi connectivity index (χ3v) is 2.47. The lowest BCUT2D eigenvalue weighted by Gasteiger charge is -2.25. The SMILES string of the molecule is CC1(C(=O)NCCN)COCC1N. The van der Waals surface area contributed by atoms with E-state index in [9.17, 15) is 4.79 Å². The normalized spacial score (nSPS) is 33.3. The molecule has 0 aromatic rings. The van der Waals surface area contributed by atoms with Crippen LogP contribution >= 0.6 is 0 Å². The maximum atomic E-state index is 11.6. The van der Waals surface area contributed by atoms with E-state index < -0.39 is 5.41 Å². The first-order valence-corrected chi connectivity index (χ1v) is 4.43. The van der Waals surface area contributed by atoms with Crippen LogP contribution in [0.2, 0.25) is 0 Å². The molecule has 76 valence electrons. The summed E-state index contributed by atoms with van der Waals surface area (Å²) in [5.74, 6) is -0.0667. The molecule has 5 nitrogen and oxygen atoms in total. The molecule has 5 N–H and O–H groups in total. The molecule has 5 heteroatoms. The van der Waals surface area contributed by atoms with Gasteiger partial charge < -0.3 is 21.5 Å². The first-order chi connectivity index (χ1) is 6.11. The summed E-state index contributed by atoms with van der Waals surface area (Å²) in [6.07, 6.45) is 0. The summed E-state index contributed by atoms with van der Waals surface area (Å²) in [4.78, 5) is 11.6. The molecule has 1 aliphatic heterocycles. The van der Waals surface area contributed by atoms with Gasteiger partial charge in [0, 0.05) is 19.1 Å². The zero-order chi connectivity index (χ0) is 9.90. The zero-order valence-electron chi connectivity index (χ0n) is 7.88. The molecule has 1 aliphatic rings. The topological polar surface area (TPSA) is 90.4 Å². The van der Waals surface area contributed by atoms with Crippen molar-refractivity contribution in [3.63, 3.8) is 0 Å². The van der Waals surface area contributed by atoms with E-state index in [2.05, 4.69) is 5.32 Å². The first kappa shape index (κ1) is 10.4. The molecular weight excluding hydrogens is 170 g/mol. The van der Waals surface area contributed by atoms with Crippen LogP contribution in [0.1, 0.15) is 6.92 Å². The van der Waals surface area contributed by atoms with Crippen molar-refractivity contribution in [2.75, 3.05) is 26.3 Å². The van der Waals surface area contributed by atoms with Gasteiger partial charge in [-0.05, 0) is 6.92 Å². The Morgan fingerprint density at radius 1 is 1.77 bits per heavy atom. The molecule has 1 amide bonds. The molecule has 2 atom stereocenters. The number of nitrogens with two attached hydrogens (primary N) is 2. The van der Waals surface area contributed by atoms with Crippen LogP contribution in [0.25, 0.3) is 0 Å². The van der Waals surface area contributed by atoms with Gasteiger partial charge in [-0.3, -0.25) is 4.79 Å². The van der Waals surface area contributed by atoms with Crippen molar-refractivity contribution in [1.82, 2.24) is 5.32 Å². The predicted octanol–water partition coefficient (Wildman–Crippen LogP) is -1.57. The van der Waals surface area contributed by atoms with Gasteiger partial charge in [-0.25, -0.2) is 0 Å². The van der Waals surface area contributed by atoms with Crippen LogP contribution < -0.4 is 16.8 Å². The van der Waals surface area contributed by atoms with Gasteiger partial charge in [0.25, 0.3) is 0 Å².